The highest BCUT2D eigenvalue weighted by Crippen LogP contribution is 2.16. The van der Waals surface area contributed by atoms with E-state index in [0.717, 1.165) is 11.4 Å². The molecule has 0 bridgehead atoms. The maximum atomic E-state index is 12.4. The van der Waals surface area contributed by atoms with Crippen LogP contribution in [0.4, 0.5) is 11.4 Å². The number of carbonyl (C=O) groups is 2. The molecule has 0 unspecified atom stereocenters. The normalized spacial score (nSPS) is 10.7. The Morgan fingerprint density at radius 3 is 2.46 bits per heavy atom. The molecule has 3 aromatic rings. The summed E-state index contributed by atoms with van der Waals surface area (Å²) in [7, 11) is 0. The van der Waals surface area contributed by atoms with Gasteiger partial charge >= 0.3 is 0 Å². The number of rotatable bonds is 7. The lowest BCUT2D eigenvalue weighted by Crippen LogP contribution is -2.18. The van der Waals surface area contributed by atoms with Crippen LogP contribution in [0, 0.1) is 13.8 Å². The fourth-order valence-corrected chi connectivity index (χ4v) is 2.98. The topological polar surface area (TPSA) is 93.8 Å². The van der Waals surface area contributed by atoms with E-state index in [1.165, 1.54) is 0 Å². The SMILES string of the molecule is CCn1nccc1C(=O)Nc1cccc(NC(=O)CCn2nc(C)cc2C)c1. The highest BCUT2D eigenvalue weighted by Gasteiger charge is 2.12. The van der Waals surface area contributed by atoms with Crippen LogP contribution in [0.25, 0.3) is 0 Å². The van der Waals surface area contributed by atoms with Gasteiger partial charge in [-0.15, -0.1) is 0 Å². The van der Waals surface area contributed by atoms with E-state index in [1.807, 2.05) is 31.5 Å². The van der Waals surface area contributed by atoms with Gasteiger partial charge in [0.25, 0.3) is 5.91 Å². The monoisotopic (exact) mass is 380 g/mol. The van der Waals surface area contributed by atoms with E-state index in [0.29, 0.717) is 36.6 Å². The van der Waals surface area contributed by atoms with Crippen LogP contribution in [-0.2, 0) is 17.9 Å². The minimum atomic E-state index is -0.243. The van der Waals surface area contributed by atoms with Crippen LogP contribution < -0.4 is 10.6 Å². The number of hydrogen-bond donors (Lipinski definition) is 2. The van der Waals surface area contributed by atoms with Crippen molar-refractivity contribution in [3.8, 4) is 0 Å². The number of aryl methyl sites for hydroxylation is 4. The summed E-state index contributed by atoms with van der Waals surface area (Å²) in [5.74, 6) is -0.354. The fraction of sp³-hybridized carbons (Fsp3) is 0.300. The lowest BCUT2D eigenvalue weighted by atomic mass is 10.2. The van der Waals surface area contributed by atoms with Crippen LogP contribution in [0.1, 0.15) is 35.2 Å². The molecule has 8 nitrogen and oxygen atoms in total. The third kappa shape index (κ3) is 4.64. The third-order valence-corrected chi connectivity index (χ3v) is 4.31. The second-order valence-electron chi connectivity index (χ2n) is 6.52. The average molecular weight is 380 g/mol. The maximum Gasteiger partial charge on any atom is 0.273 e. The van der Waals surface area contributed by atoms with Crippen molar-refractivity contribution >= 4 is 23.2 Å². The molecule has 1 aromatic carbocycles. The first-order valence-corrected chi connectivity index (χ1v) is 9.20. The molecule has 146 valence electrons. The van der Waals surface area contributed by atoms with Gasteiger partial charge < -0.3 is 10.6 Å². The van der Waals surface area contributed by atoms with Crippen molar-refractivity contribution in [1.82, 2.24) is 19.6 Å². The van der Waals surface area contributed by atoms with Crippen LogP contribution in [0.3, 0.4) is 0 Å². The molecule has 0 aliphatic heterocycles. The highest BCUT2D eigenvalue weighted by atomic mass is 16.2. The lowest BCUT2D eigenvalue weighted by molar-refractivity contribution is -0.116. The lowest BCUT2D eigenvalue weighted by Gasteiger charge is -2.10. The quantitative estimate of drug-likeness (QED) is 0.659. The van der Waals surface area contributed by atoms with E-state index in [1.54, 1.807) is 41.2 Å². The molecule has 0 saturated heterocycles. The number of nitrogens with zero attached hydrogens (tertiary/aromatic N) is 4. The molecule has 3 rings (SSSR count). The summed E-state index contributed by atoms with van der Waals surface area (Å²) in [6.45, 7) is 6.95. The predicted molar refractivity (Wildman–Crippen MR) is 107 cm³/mol. The van der Waals surface area contributed by atoms with E-state index >= 15 is 0 Å². The van der Waals surface area contributed by atoms with Gasteiger partial charge in [-0.3, -0.25) is 19.0 Å². The number of carbonyl (C=O) groups excluding carboxylic acids is 2. The Hall–Kier alpha value is -3.42. The predicted octanol–water partition coefficient (Wildman–Crippen LogP) is 3.00. The number of aromatic nitrogens is 4. The van der Waals surface area contributed by atoms with Crippen LogP contribution in [0.15, 0.2) is 42.6 Å². The largest absolute Gasteiger partial charge is 0.326 e. The Balaban J connectivity index is 1.59. The van der Waals surface area contributed by atoms with Crippen LogP contribution in [0.2, 0.25) is 0 Å². The molecule has 2 heterocycles. The van der Waals surface area contributed by atoms with Gasteiger partial charge in [0.2, 0.25) is 5.91 Å². The minimum Gasteiger partial charge on any atom is -0.326 e. The van der Waals surface area contributed by atoms with E-state index in [-0.39, 0.29) is 11.8 Å². The summed E-state index contributed by atoms with van der Waals surface area (Å²) in [5, 5.41) is 14.2. The van der Waals surface area contributed by atoms with E-state index < -0.39 is 0 Å². The Bertz CT molecular complexity index is 988. The number of amides is 2. The molecular weight excluding hydrogens is 356 g/mol. The molecule has 0 fully saturated rings. The maximum absolute atomic E-state index is 12.4. The van der Waals surface area contributed by atoms with Crippen molar-refractivity contribution in [1.29, 1.82) is 0 Å². The van der Waals surface area contributed by atoms with Crippen molar-refractivity contribution in [3.05, 3.63) is 59.7 Å². The second-order valence-corrected chi connectivity index (χ2v) is 6.52. The van der Waals surface area contributed by atoms with Gasteiger partial charge in [-0.05, 0) is 51.1 Å². The summed E-state index contributed by atoms with van der Waals surface area (Å²) < 4.78 is 3.45. The first-order valence-electron chi connectivity index (χ1n) is 9.20. The molecule has 0 radical (unpaired) electrons. The third-order valence-electron chi connectivity index (χ3n) is 4.31. The molecule has 8 heteroatoms. The van der Waals surface area contributed by atoms with Gasteiger partial charge in [0.1, 0.15) is 5.69 Å². The zero-order valence-corrected chi connectivity index (χ0v) is 16.3. The molecule has 0 aliphatic carbocycles. The zero-order chi connectivity index (χ0) is 20.1. The Morgan fingerprint density at radius 2 is 1.79 bits per heavy atom. The Morgan fingerprint density at radius 1 is 1.04 bits per heavy atom. The van der Waals surface area contributed by atoms with Gasteiger partial charge in [0.15, 0.2) is 0 Å². The van der Waals surface area contributed by atoms with Crippen LogP contribution >= 0.6 is 0 Å². The first kappa shape index (κ1) is 19.3. The molecule has 0 spiro atoms. The number of anilines is 2. The van der Waals surface area contributed by atoms with Gasteiger partial charge in [0, 0.05) is 42.8 Å². The molecule has 2 N–H and O–H groups in total. The molecule has 2 amide bonds. The summed E-state index contributed by atoms with van der Waals surface area (Å²) in [6.07, 6.45) is 1.91. The summed E-state index contributed by atoms with van der Waals surface area (Å²) in [4.78, 5) is 24.7. The number of nitrogens with one attached hydrogen (secondary N) is 2. The van der Waals surface area contributed by atoms with Crippen molar-refractivity contribution in [2.45, 2.75) is 40.3 Å². The zero-order valence-electron chi connectivity index (χ0n) is 16.3. The molecular formula is C20H24N6O2. The van der Waals surface area contributed by atoms with Gasteiger partial charge in [-0.2, -0.15) is 10.2 Å². The smallest absolute Gasteiger partial charge is 0.273 e. The van der Waals surface area contributed by atoms with E-state index in [9.17, 15) is 9.59 Å². The van der Waals surface area contributed by atoms with Gasteiger partial charge in [-0.25, -0.2) is 0 Å². The number of benzene rings is 1. The van der Waals surface area contributed by atoms with Crippen LogP contribution in [-0.4, -0.2) is 31.4 Å². The van der Waals surface area contributed by atoms with Crippen molar-refractivity contribution in [2.24, 2.45) is 0 Å². The van der Waals surface area contributed by atoms with Gasteiger partial charge in [0.05, 0.1) is 5.69 Å². The molecule has 2 aromatic heterocycles. The van der Waals surface area contributed by atoms with Crippen molar-refractivity contribution < 1.29 is 9.59 Å². The van der Waals surface area contributed by atoms with Gasteiger partial charge in [-0.1, -0.05) is 6.07 Å². The molecule has 0 saturated carbocycles. The summed E-state index contributed by atoms with van der Waals surface area (Å²) in [5.41, 5.74) is 3.68. The first-order chi connectivity index (χ1) is 13.5. The van der Waals surface area contributed by atoms with E-state index in [4.69, 9.17) is 0 Å². The Labute approximate surface area is 163 Å². The van der Waals surface area contributed by atoms with Crippen molar-refractivity contribution in [2.75, 3.05) is 10.6 Å². The fourth-order valence-electron chi connectivity index (χ4n) is 2.98. The second kappa shape index (κ2) is 8.51. The standard InChI is InChI=1S/C20H24N6O2/c1-4-25-18(8-10-21-25)20(28)23-17-7-5-6-16(13-17)22-19(27)9-11-26-15(3)12-14(2)24-26/h5-8,10,12-13H,4,9,11H2,1-3H3,(H,22,27)(H,23,28). The Kier molecular flexibility index (Phi) is 5.88. The summed E-state index contributed by atoms with van der Waals surface area (Å²) >= 11 is 0. The number of hydrogen-bond acceptors (Lipinski definition) is 4. The molecule has 0 atom stereocenters. The average Bonchev–Trinajstić information content (AvgIpc) is 3.26. The van der Waals surface area contributed by atoms with E-state index in [2.05, 4.69) is 20.8 Å². The van der Waals surface area contributed by atoms with Crippen LogP contribution in [0.5, 0.6) is 0 Å². The van der Waals surface area contributed by atoms with Crippen molar-refractivity contribution in [3.63, 3.8) is 0 Å². The minimum absolute atomic E-state index is 0.111. The molecule has 0 aliphatic rings. The molecule has 28 heavy (non-hydrogen) atoms. The highest BCUT2D eigenvalue weighted by molar-refractivity contribution is 6.03. The summed E-state index contributed by atoms with van der Waals surface area (Å²) in [6, 6.07) is 10.7.